The van der Waals surface area contributed by atoms with E-state index < -0.39 is 0 Å². The minimum atomic E-state index is 0.358. The third-order valence-corrected chi connectivity index (χ3v) is 5.04. The van der Waals surface area contributed by atoms with Crippen LogP contribution in [0.4, 0.5) is 5.69 Å². The number of allylic oxidation sites excluding steroid dienone is 2. The summed E-state index contributed by atoms with van der Waals surface area (Å²) in [6.07, 6.45) is 9.68. The number of hydrogen-bond donors (Lipinski definition) is 1. The number of benzene rings is 1. The Morgan fingerprint density at radius 3 is 3.05 bits per heavy atom. The van der Waals surface area contributed by atoms with E-state index in [0.717, 1.165) is 6.42 Å². The van der Waals surface area contributed by atoms with Crippen molar-refractivity contribution in [2.75, 3.05) is 5.32 Å². The maximum atomic E-state index is 4.28. The molecule has 2 heterocycles. The predicted octanol–water partition coefficient (Wildman–Crippen LogP) is 4.51. The SMILES string of the molecule is Ic1ccc2c(c1)[C@H]1C=CC[C@H]1[C@@H](c1cccnc1)N2. The first kappa shape index (κ1) is 12.4. The van der Waals surface area contributed by atoms with E-state index in [1.807, 2.05) is 18.5 Å². The number of halogens is 1. The van der Waals surface area contributed by atoms with E-state index in [9.17, 15) is 0 Å². The fraction of sp³-hybridized carbons (Fsp3) is 0.235. The van der Waals surface area contributed by atoms with Gasteiger partial charge in [-0.3, -0.25) is 4.98 Å². The molecule has 4 rings (SSSR count). The normalized spacial score (nSPS) is 26.8. The monoisotopic (exact) mass is 374 g/mol. The van der Waals surface area contributed by atoms with Crippen LogP contribution < -0.4 is 5.32 Å². The summed E-state index contributed by atoms with van der Waals surface area (Å²) in [4.78, 5) is 4.28. The Balaban J connectivity index is 1.80. The van der Waals surface area contributed by atoms with E-state index in [0.29, 0.717) is 17.9 Å². The molecule has 1 aliphatic carbocycles. The first-order valence-corrected chi connectivity index (χ1v) is 8.03. The molecule has 20 heavy (non-hydrogen) atoms. The molecule has 1 aromatic heterocycles. The fourth-order valence-electron chi connectivity index (χ4n) is 3.46. The second-order valence-electron chi connectivity index (χ2n) is 5.49. The molecule has 1 aromatic carbocycles. The van der Waals surface area contributed by atoms with Gasteiger partial charge >= 0.3 is 0 Å². The van der Waals surface area contributed by atoms with Crippen molar-refractivity contribution >= 4 is 28.3 Å². The maximum Gasteiger partial charge on any atom is 0.0569 e. The van der Waals surface area contributed by atoms with Gasteiger partial charge in [0.15, 0.2) is 0 Å². The summed E-state index contributed by atoms with van der Waals surface area (Å²) in [5, 5.41) is 3.73. The lowest BCUT2D eigenvalue weighted by atomic mass is 9.77. The second-order valence-corrected chi connectivity index (χ2v) is 6.74. The average molecular weight is 374 g/mol. The molecule has 0 bridgehead atoms. The van der Waals surface area contributed by atoms with E-state index >= 15 is 0 Å². The molecular formula is C17H15IN2. The molecule has 2 aromatic rings. The molecule has 1 aliphatic heterocycles. The van der Waals surface area contributed by atoms with Crippen LogP contribution in [0.25, 0.3) is 0 Å². The smallest absolute Gasteiger partial charge is 0.0569 e. The summed E-state index contributed by atoms with van der Waals surface area (Å²) in [7, 11) is 0. The Morgan fingerprint density at radius 2 is 2.20 bits per heavy atom. The summed E-state index contributed by atoms with van der Waals surface area (Å²) in [5.74, 6) is 1.14. The van der Waals surface area contributed by atoms with Gasteiger partial charge in [-0.2, -0.15) is 0 Å². The van der Waals surface area contributed by atoms with E-state index in [1.54, 1.807) is 0 Å². The van der Waals surface area contributed by atoms with Gasteiger partial charge in [0.2, 0.25) is 0 Å². The average Bonchev–Trinajstić information content (AvgIpc) is 2.97. The Hall–Kier alpha value is -1.36. The van der Waals surface area contributed by atoms with Gasteiger partial charge in [-0.05, 0) is 70.3 Å². The molecule has 100 valence electrons. The van der Waals surface area contributed by atoms with Crippen LogP contribution in [0, 0.1) is 9.49 Å². The van der Waals surface area contributed by atoms with Crippen LogP contribution in [0.3, 0.4) is 0 Å². The molecule has 0 amide bonds. The Bertz CT molecular complexity index is 666. The highest BCUT2D eigenvalue weighted by Crippen LogP contribution is 2.49. The standard InChI is InChI=1S/C17H15IN2/c18-12-6-7-16-15(9-12)13-4-1-5-14(13)17(20-16)11-3-2-8-19-10-11/h1-4,6-10,13-14,17,20H,5H2/t13-,14+,17+/m0/s1. The van der Waals surface area contributed by atoms with Crippen LogP contribution >= 0.6 is 22.6 Å². The molecule has 0 fully saturated rings. The maximum absolute atomic E-state index is 4.28. The number of nitrogens with zero attached hydrogens (tertiary/aromatic N) is 1. The van der Waals surface area contributed by atoms with Gasteiger partial charge in [0.05, 0.1) is 6.04 Å². The van der Waals surface area contributed by atoms with Crippen molar-refractivity contribution in [2.24, 2.45) is 5.92 Å². The third-order valence-electron chi connectivity index (χ3n) is 4.37. The summed E-state index contributed by atoms with van der Waals surface area (Å²) in [6, 6.07) is 11.3. The molecule has 3 atom stereocenters. The number of aromatic nitrogens is 1. The zero-order valence-electron chi connectivity index (χ0n) is 11.0. The first-order valence-electron chi connectivity index (χ1n) is 6.95. The van der Waals surface area contributed by atoms with Gasteiger partial charge in [-0.1, -0.05) is 18.2 Å². The number of fused-ring (bicyclic) bond motifs is 3. The number of anilines is 1. The minimum Gasteiger partial charge on any atom is -0.378 e. The molecule has 1 N–H and O–H groups in total. The van der Waals surface area contributed by atoms with Crippen LogP contribution in [-0.4, -0.2) is 4.98 Å². The van der Waals surface area contributed by atoms with Crippen LogP contribution in [0.2, 0.25) is 0 Å². The van der Waals surface area contributed by atoms with Crippen LogP contribution in [0.1, 0.15) is 29.5 Å². The lowest BCUT2D eigenvalue weighted by Gasteiger charge is -2.37. The molecule has 0 radical (unpaired) electrons. The van der Waals surface area contributed by atoms with Gasteiger partial charge in [0, 0.05) is 27.6 Å². The van der Waals surface area contributed by atoms with Crippen molar-refractivity contribution < 1.29 is 0 Å². The van der Waals surface area contributed by atoms with E-state index in [2.05, 4.69) is 69.3 Å². The van der Waals surface area contributed by atoms with Gasteiger partial charge in [-0.25, -0.2) is 0 Å². The predicted molar refractivity (Wildman–Crippen MR) is 89.7 cm³/mol. The van der Waals surface area contributed by atoms with E-state index in [4.69, 9.17) is 0 Å². The fourth-order valence-corrected chi connectivity index (χ4v) is 3.97. The summed E-state index contributed by atoms with van der Waals surface area (Å²) >= 11 is 2.39. The molecule has 0 spiro atoms. The Kier molecular flexibility index (Phi) is 3.02. The number of nitrogens with one attached hydrogen (secondary N) is 1. The van der Waals surface area contributed by atoms with Gasteiger partial charge in [-0.15, -0.1) is 0 Å². The molecular weight excluding hydrogens is 359 g/mol. The van der Waals surface area contributed by atoms with Crippen molar-refractivity contribution in [3.8, 4) is 0 Å². The van der Waals surface area contributed by atoms with Crippen molar-refractivity contribution in [1.29, 1.82) is 0 Å². The topological polar surface area (TPSA) is 24.9 Å². The van der Waals surface area contributed by atoms with Crippen LogP contribution in [0.15, 0.2) is 54.9 Å². The second kappa shape index (κ2) is 4.88. The van der Waals surface area contributed by atoms with Gasteiger partial charge in [0.25, 0.3) is 0 Å². The van der Waals surface area contributed by atoms with Gasteiger partial charge in [0.1, 0.15) is 0 Å². The molecule has 2 aliphatic rings. The Labute approximate surface area is 132 Å². The largest absolute Gasteiger partial charge is 0.378 e. The highest BCUT2D eigenvalue weighted by atomic mass is 127. The summed E-state index contributed by atoms with van der Waals surface area (Å²) < 4.78 is 1.31. The lowest BCUT2D eigenvalue weighted by molar-refractivity contribution is 0.425. The van der Waals surface area contributed by atoms with E-state index in [1.165, 1.54) is 20.4 Å². The van der Waals surface area contributed by atoms with Crippen LogP contribution in [0.5, 0.6) is 0 Å². The third kappa shape index (κ3) is 1.95. The highest BCUT2D eigenvalue weighted by molar-refractivity contribution is 14.1. The van der Waals surface area contributed by atoms with Crippen molar-refractivity contribution in [3.05, 3.63) is 69.6 Å². The molecule has 0 unspecified atom stereocenters. The summed E-state index contributed by atoms with van der Waals surface area (Å²) in [6.45, 7) is 0. The molecule has 2 nitrogen and oxygen atoms in total. The van der Waals surface area contributed by atoms with Crippen molar-refractivity contribution in [2.45, 2.75) is 18.4 Å². The minimum absolute atomic E-state index is 0.358. The first-order chi connectivity index (χ1) is 9.83. The zero-order valence-corrected chi connectivity index (χ0v) is 13.1. The quantitative estimate of drug-likeness (QED) is 0.587. The van der Waals surface area contributed by atoms with Crippen LogP contribution in [-0.2, 0) is 0 Å². The Morgan fingerprint density at radius 1 is 1.25 bits per heavy atom. The molecule has 0 saturated carbocycles. The number of pyridine rings is 1. The number of rotatable bonds is 1. The highest BCUT2D eigenvalue weighted by Gasteiger charge is 2.37. The summed E-state index contributed by atoms with van der Waals surface area (Å²) in [5.41, 5.74) is 4.00. The molecule has 0 saturated heterocycles. The van der Waals surface area contributed by atoms with E-state index in [-0.39, 0.29) is 0 Å². The molecule has 3 heteroatoms. The number of hydrogen-bond acceptors (Lipinski definition) is 2. The van der Waals surface area contributed by atoms with Crippen molar-refractivity contribution in [1.82, 2.24) is 4.98 Å². The van der Waals surface area contributed by atoms with Gasteiger partial charge < -0.3 is 5.32 Å². The lowest BCUT2D eigenvalue weighted by Crippen LogP contribution is -2.29. The van der Waals surface area contributed by atoms with Crippen molar-refractivity contribution in [3.63, 3.8) is 0 Å². The zero-order chi connectivity index (χ0) is 13.5.